The van der Waals surface area contributed by atoms with Crippen molar-refractivity contribution in [1.82, 2.24) is 14.5 Å². The summed E-state index contributed by atoms with van der Waals surface area (Å²) in [6, 6.07) is 12.2. The Morgan fingerprint density at radius 1 is 1.25 bits per heavy atom. The van der Waals surface area contributed by atoms with Gasteiger partial charge in [0.25, 0.3) is 5.56 Å². The quantitative estimate of drug-likeness (QED) is 0.468. The number of hydrogen-bond acceptors (Lipinski definition) is 5. The van der Waals surface area contributed by atoms with Crippen molar-refractivity contribution < 1.29 is 9.53 Å². The first-order valence-electron chi connectivity index (χ1n) is 8.57. The van der Waals surface area contributed by atoms with Crippen molar-refractivity contribution in [2.24, 2.45) is 0 Å². The van der Waals surface area contributed by atoms with E-state index in [4.69, 9.17) is 16.3 Å². The van der Waals surface area contributed by atoms with Gasteiger partial charge in [0, 0.05) is 19.1 Å². The van der Waals surface area contributed by atoms with Gasteiger partial charge in [-0.15, -0.1) is 0 Å². The lowest BCUT2D eigenvalue weighted by Gasteiger charge is -2.19. The van der Waals surface area contributed by atoms with Crippen molar-refractivity contribution in [3.8, 4) is 11.4 Å². The monoisotopic (exact) mass is 417 g/mol. The summed E-state index contributed by atoms with van der Waals surface area (Å²) < 4.78 is 6.92. The largest absolute Gasteiger partial charge is 0.495 e. The summed E-state index contributed by atoms with van der Waals surface area (Å²) in [7, 11) is 4.93. The second kappa shape index (κ2) is 8.24. The molecular formula is C20H20ClN3O3S. The lowest BCUT2D eigenvalue weighted by molar-refractivity contribution is -0.127. The second-order valence-electron chi connectivity index (χ2n) is 6.36. The molecule has 0 saturated heterocycles. The molecule has 1 heterocycles. The number of hydrogen-bond donors (Lipinski definition) is 0. The van der Waals surface area contributed by atoms with Gasteiger partial charge in [0.15, 0.2) is 5.16 Å². The maximum atomic E-state index is 13.3. The van der Waals surface area contributed by atoms with Crippen LogP contribution in [0, 0.1) is 0 Å². The Labute approximate surface area is 172 Å². The van der Waals surface area contributed by atoms with Crippen LogP contribution >= 0.6 is 23.4 Å². The molecule has 1 aromatic heterocycles. The summed E-state index contributed by atoms with van der Waals surface area (Å²) in [6.45, 7) is 1.79. The minimum absolute atomic E-state index is 0.0722. The number of para-hydroxylation sites is 2. The predicted molar refractivity (Wildman–Crippen MR) is 113 cm³/mol. The van der Waals surface area contributed by atoms with Gasteiger partial charge in [-0.2, -0.15) is 0 Å². The van der Waals surface area contributed by atoms with Crippen molar-refractivity contribution in [3.63, 3.8) is 0 Å². The maximum Gasteiger partial charge on any atom is 0.266 e. The normalized spacial score (nSPS) is 12.0. The van der Waals surface area contributed by atoms with Crippen LogP contribution in [-0.2, 0) is 4.79 Å². The molecule has 3 aromatic rings. The van der Waals surface area contributed by atoms with Gasteiger partial charge in [0.05, 0.1) is 29.0 Å². The van der Waals surface area contributed by atoms with E-state index in [1.165, 1.54) is 21.2 Å². The van der Waals surface area contributed by atoms with E-state index in [1.807, 2.05) is 12.1 Å². The van der Waals surface area contributed by atoms with E-state index in [2.05, 4.69) is 4.98 Å². The number of amides is 1. The van der Waals surface area contributed by atoms with Crippen LogP contribution in [0.4, 0.5) is 0 Å². The zero-order valence-electron chi connectivity index (χ0n) is 16.0. The van der Waals surface area contributed by atoms with E-state index in [9.17, 15) is 9.59 Å². The van der Waals surface area contributed by atoms with Crippen LogP contribution in [-0.4, -0.2) is 46.8 Å². The minimum atomic E-state index is -0.431. The Bertz CT molecular complexity index is 1100. The van der Waals surface area contributed by atoms with Crippen molar-refractivity contribution in [2.75, 3.05) is 21.2 Å². The smallest absolute Gasteiger partial charge is 0.266 e. The summed E-state index contributed by atoms with van der Waals surface area (Å²) in [5.41, 5.74) is 0.792. The molecule has 6 nitrogen and oxygen atoms in total. The number of halogens is 1. The zero-order valence-corrected chi connectivity index (χ0v) is 17.5. The molecule has 8 heteroatoms. The summed E-state index contributed by atoms with van der Waals surface area (Å²) in [5, 5.41) is 0.889. The first kappa shape index (κ1) is 20.2. The third kappa shape index (κ3) is 3.86. The van der Waals surface area contributed by atoms with Crippen LogP contribution in [0.25, 0.3) is 16.6 Å². The number of methoxy groups -OCH3 is 1. The van der Waals surface area contributed by atoms with E-state index < -0.39 is 5.25 Å². The van der Waals surface area contributed by atoms with Gasteiger partial charge in [-0.05, 0) is 37.3 Å². The molecule has 146 valence electrons. The Balaban J connectivity index is 2.28. The van der Waals surface area contributed by atoms with Crippen molar-refractivity contribution in [3.05, 3.63) is 57.8 Å². The number of ether oxygens (including phenoxy) is 1. The van der Waals surface area contributed by atoms with Gasteiger partial charge in [0.2, 0.25) is 5.91 Å². The Morgan fingerprint density at radius 2 is 1.96 bits per heavy atom. The second-order valence-corrected chi connectivity index (χ2v) is 8.11. The van der Waals surface area contributed by atoms with E-state index in [1.54, 1.807) is 58.5 Å². The van der Waals surface area contributed by atoms with Crippen molar-refractivity contribution >= 4 is 40.2 Å². The highest BCUT2D eigenvalue weighted by Crippen LogP contribution is 2.30. The molecule has 0 bridgehead atoms. The van der Waals surface area contributed by atoms with Gasteiger partial charge in [-0.1, -0.05) is 35.5 Å². The fraction of sp³-hybridized carbons (Fsp3) is 0.250. The number of aromatic nitrogens is 2. The molecule has 0 saturated carbocycles. The van der Waals surface area contributed by atoms with Gasteiger partial charge < -0.3 is 9.64 Å². The standard InChI is InChI=1S/C20H20ClN3O3S/c1-12(18(25)23(2)3)28-20-22-15-11-13(21)9-10-14(15)19(26)24(20)16-7-5-6-8-17(16)27-4/h5-12H,1-4H3/t12-/m0/s1. The molecular weight excluding hydrogens is 398 g/mol. The molecule has 28 heavy (non-hydrogen) atoms. The zero-order chi connectivity index (χ0) is 20.4. The molecule has 0 aliphatic heterocycles. The summed E-state index contributed by atoms with van der Waals surface area (Å²) >= 11 is 7.31. The molecule has 1 atom stereocenters. The van der Waals surface area contributed by atoms with Gasteiger partial charge in [-0.3, -0.25) is 14.2 Å². The Hall–Kier alpha value is -2.51. The topological polar surface area (TPSA) is 64.4 Å². The van der Waals surface area contributed by atoms with Crippen LogP contribution < -0.4 is 10.3 Å². The average molecular weight is 418 g/mol. The van der Waals surface area contributed by atoms with E-state index in [0.717, 1.165) is 0 Å². The molecule has 0 fully saturated rings. The van der Waals surface area contributed by atoms with Gasteiger partial charge in [0.1, 0.15) is 5.75 Å². The SMILES string of the molecule is COc1ccccc1-n1c(S[C@@H](C)C(=O)N(C)C)nc2cc(Cl)ccc2c1=O. The van der Waals surface area contributed by atoms with E-state index in [0.29, 0.717) is 32.5 Å². The molecule has 1 amide bonds. The molecule has 0 radical (unpaired) electrons. The molecule has 3 rings (SSSR count). The van der Waals surface area contributed by atoms with Crippen LogP contribution in [0.2, 0.25) is 5.02 Å². The highest BCUT2D eigenvalue weighted by atomic mass is 35.5. The van der Waals surface area contributed by atoms with Gasteiger partial charge in [-0.25, -0.2) is 4.98 Å². The first-order valence-corrected chi connectivity index (χ1v) is 9.82. The van der Waals surface area contributed by atoms with E-state index in [-0.39, 0.29) is 11.5 Å². The fourth-order valence-corrected chi connectivity index (χ4v) is 4.05. The number of fused-ring (bicyclic) bond motifs is 1. The average Bonchev–Trinajstić information content (AvgIpc) is 2.67. The summed E-state index contributed by atoms with van der Waals surface area (Å²) in [5.74, 6) is 0.463. The number of carbonyl (C=O) groups excluding carboxylic acids is 1. The number of nitrogens with zero attached hydrogens (tertiary/aromatic N) is 3. The number of rotatable bonds is 5. The lowest BCUT2D eigenvalue weighted by atomic mass is 10.2. The highest BCUT2D eigenvalue weighted by molar-refractivity contribution is 8.00. The highest BCUT2D eigenvalue weighted by Gasteiger charge is 2.22. The van der Waals surface area contributed by atoms with Crippen LogP contribution in [0.5, 0.6) is 5.75 Å². The molecule has 0 N–H and O–H groups in total. The molecule has 0 spiro atoms. The Morgan fingerprint density at radius 3 is 2.64 bits per heavy atom. The van der Waals surface area contributed by atoms with Crippen LogP contribution in [0.15, 0.2) is 52.4 Å². The summed E-state index contributed by atoms with van der Waals surface area (Å²) in [4.78, 5) is 31.9. The van der Waals surface area contributed by atoms with E-state index >= 15 is 0 Å². The molecule has 0 unspecified atom stereocenters. The Kier molecular flexibility index (Phi) is 5.96. The predicted octanol–water partition coefficient (Wildman–Crippen LogP) is 3.62. The van der Waals surface area contributed by atoms with Crippen LogP contribution in [0.1, 0.15) is 6.92 Å². The number of carbonyl (C=O) groups is 1. The number of benzene rings is 2. The third-order valence-corrected chi connectivity index (χ3v) is 5.47. The van der Waals surface area contributed by atoms with Gasteiger partial charge >= 0.3 is 0 Å². The third-order valence-electron chi connectivity index (χ3n) is 4.20. The summed E-state index contributed by atoms with van der Waals surface area (Å²) in [6.07, 6.45) is 0. The maximum absolute atomic E-state index is 13.3. The fourth-order valence-electron chi connectivity index (χ4n) is 2.82. The molecule has 0 aliphatic carbocycles. The number of thioether (sulfide) groups is 1. The van der Waals surface area contributed by atoms with Crippen molar-refractivity contribution in [1.29, 1.82) is 0 Å². The van der Waals surface area contributed by atoms with Crippen molar-refractivity contribution in [2.45, 2.75) is 17.3 Å². The molecule has 0 aliphatic rings. The molecule has 2 aromatic carbocycles. The lowest BCUT2D eigenvalue weighted by Crippen LogP contribution is -2.31. The van der Waals surface area contributed by atoms with Crippen LogP contribution in [0.3, 0.4) is 0 Å². The first-order chi connectivity index (χ1) is 13.3. The minimum Gasteiger partial charge on any atom is -0.495 e.